The van der Waals surface area contributed by atoms with Crippen LogP contribution in [0.25, 0.3) is 0 Å². The second-order valence-corrected chi connectivity index (χ2v) is 10.8. The minimum Gasteiger partial charge on any atom is -0.508 e. The zero-order chi connectivity index (χ0) is 30.5. The Labute approximate surface area is 255 Å². The third-order valence-electron chi connectivity index (χ3n) is 7.04. The summed E-state index contributed by atoms with van der Waals surface area (Å²) >= 11 is 0. The zero-order valence-electron chi connectivity index (χ0n) is 26.4. The molecule has 1 aromatic carbocycles. The van der Waals surface area contributed by atoms with Crippen LogP contribution < -0.4 is 10.6 Å². The Morgan fingerprint density at radius 2 is 1.36 bits per heavy atom. The topological polar surface area (TPSA) is 106 Å². The standard InChI is InChI=1S/C34H58N2O6/c1-3-4-5-6-7-8-9-10-11-12-13-14-15-16-17-18-33(38)36-32(29-30-19-21-31(37)22-20-30)34(39)35-23-24-41-27-28-42-26-25-40-2/h8-9,19-22,32,37H,3-7,10-18,23-29H2,1-2H3,(H,35,39)(H,36,38)/b9-8-. The maximum atomic E-state index is 12.9. The fraction of sp³-hybridized carbons (Fsp3) is 0.706. The molecule has 0 saturated heterocycles. The molecule has 0 aliphatic heterocycles. The van der Waals surface area contributed by atoms with E-state index in [-0.39, 0.29) is 17.6 Å². The Hall–Kier alpha value is -2.42. The van der Waals surface area contributed by atoms with Crippen LogP contribution in [0.5, 0.6) is 5.75 Å². The minimum absolute atomic E-state index is 0.111. The number of hydrogen-bond donors (Lipinski definition) is 3. The molecular formula is C34H58N2O6. The van der Waals surface area contributed by atoms with Crippen molar-refractivity contribution in [3.63, 3.8) is 0 Å². The highest BCUT2D eigenvalue weighted by molar-refractivity contribution is 5.87. The van der Waals surface area contributed by atoms with E-state index in [2.05, 4.69) is 29.7 Å². The number of amides is 2. The molecule has 240 valence electrons. The van der Waals surface area contributed by atoms with Gasteiger partial charge in [0.2, 0.25) is 11.8 Å². The zero-order valence-corrected chi connectivity index (χ0v) is 26.4. The van der Waals surface area contributed by atoms with Gasteiger partial charge in [-0.25, -0.2) is 0 Å². The second-order valence-electron chi connectivity index (χ2n) is 10.8. The van der Waals surface area contributed by atoms with Crippen molar-refractivity contribution >= 4 is 11.8 Å². The molecule has 0 saturated carbocycles. The van der Waals surface area contributed by atoms with Gasteiger partial charge >= 0.3 is 0 Å². The molecule has 2 amide bonds. The molecule has 1 aromatic rings. The quantitative estimate of drug-likeness (QED) is 0.0787. The third kappa shape index (κ3) is 22.2. The molecule has 3 N–H and O–H groups in total. The number of phenols is 1. The van der Waals surface area contributed by atoms with E-state index in [0.717, 1.165) is 24.8 Å². The summed E-state index contributed by atoms with van der Waals surface area (Å²) in [6, 6.07) is 6.01. The number of ether oxygens (including phenoxy) is 3. The monoisotopic (exact) mass is 590 g/mol. The second kappa shape index (κ2) is 27.4. The van der Waals surface area contributed by atoms with Crippen molar-refractivity contribution in [1.29, 1.82) is 0 Å². The van der Waals surface area contributed by atoms with Crippen LogP contribution in [0, 0.1) is 0 Å². The lowest BCUT2D eigenvalue weighted by Crippen LogP contribution is -2.48. The Kier molecular flexibility index (Phi) is 24.5. The van der Waals surface area contributed by atoms with Gasteiger partial charge in [-0.1, -0.05) is 82.6 Å². The van der Waals surface area contributed by atoms with Gasteiger partial charge in [-0.3, -0.25) is 9.59 Å². The number of allylic oxidation sites excluding steroid dienone is 2. The smallest absolute Gasteiger partial charge is 0.243 e. The predicted molar refractivity (Wildman–Crippen MR) is 170 cm³/mol. The summed E-state index contributed by atoms with van der Waals surface area (Å²) in [5.41, 5.74) is 0.861. The normalized spacial score (nSPS) is 12.0. The summed E-state index contributed by atoms with van der Waals surface area (Å²) in [6.07, 6.45) is 21.1. The van der Waals surface area contributed by atoms with Gasteiger partial charge in [-0.2, -0.15) is 0 Å². The lowest BCUT2D eigenvalue weighted by Gasteiger charge is -2.19. The van der Waals surface area contributed by atoms with E-state index in [1.54, 1.807) is 31.4 Å². The minimum atomic E-state index is -0.690. The molecule has 0 heterocycles. The van der Waals surface area contributed by atoms with Crippen LogP contribution in [0.1, 0.15) is 102 Å². The maximum absolute atomic E-state index is 12.9. The van der Waals surface area contributed by atoms with Crippen LogP contribution in [0.15, 0.2) is 36.4 Å². The van der Waals surface area contributed by atoms with Gasteiger partial charge in [0, 0.05) is 26.5 Å². The molecule has 8 heteroatoms. The molecule has 0 radical (unpaired) electrons. The fourth-order valence-electron chi connectivity index (χ4n) is 4.53. The van der Waals surface area contributed by atoms with E-state index < -0.39 is 6.04 Å². The first-order chi connectivity index (χ1) is 20.6. The molecule has 0 spiro atoms. The lowest BCUT2D eigenvalue weighted by molar-refractivity contribution is -0.129. The van der Waals surface area contributed by atoms with Gasteiger partial charge in [0.1, 0.15) is 11.8 Å². The number of rotatable bonds is 28. The van der Waals surface area contributed by atoms with Gasteiger partial charge in [0.05, 0.1) is 33.0 Å². The van der Waals surface area contributed by atoms with Gasteiger partial charge < -0.3 is 30.0 Å². The van der Waals surface area contributed by atoms with Crippen molar-refractivity contribution in [3.05, 3.63) is 42.0 Å². The summed E-state index contributed by atoms with van der Waals surface area (Å²) in [5.74, 6) is -0.195. The van der Waals surface area contributed by atoms with Gasteiger partial charge in [0.15, 0.2) is 0 Å². The molecule has 0 fully saturated rings. The number of nitrogens with one attached hydrogen (secondary N) is 2. The molecule has 0 aliphatic carbocycles. The molecule has 1 rings (SSSR count). The highest BCUT2D eigenvalue weighted by Gasteiger charge is 2.21. The molecule has 1 unspecified atom stereocenters. The maximum Gasteiger partial charge on any atom is 0.243 e. The summed E-state index contributed by atoms with van der Waals surface area (Å²) in [5, 5.41) is 15.4. The van der Waals surface area contributed by atoms with Crippen molar-refractivity contribution in [2.24, 2.45) is 0 Å². The van der Waals surface area contributed by atoms with Crippen LogP contribution in [-0.2, 0) is 30.2 Å². The highest BCUT2D eigenvalue weighted by Crippen LogP contribution is 2.13. The average Bonchev–Trinajstić information content (AvgIpc) is 2.99. The summed E-state index contributed by atoms with van der Waals surface area (Å²) in [7, 11) is 1.62. The number of methoxy groups -OCH3 is 1. The Balaban J connectivity index is 2.24. The van der Waals surface area contributed by atoms with Gasteiger partial charge in [-0.05, 0) is 49.8 Å². The number of unbranched alkanes of at least 4 members (excludes halogenated alkanes) is 11. The van der Waals surface area contributed by atoms with E-state index in [0.29, 0.717) is 52.4 Å². The van der Waals surface area contributed by atoms with Crippen LogP contribution in [0.4, 0.5) is 0 Å². The predicted octanol–water partition coefficient (Wildman–Crippen LogP) is 6.25. The number of carbonyl (C=O) groups is 2. The SMILES string of the molecule is CCCCCC/C=C\CCCCCCCCCC(=O)NC(Cc1ccc(O)cc1)C(=O)NCCOCCOCCOC. The van der Waals surface area contributed by atoms with E-state index in [1.807, 2.05) is 0 Å². The summed E-state index contributed by atoms with van der Waals surface area (Å²) in [4.78, 5) is 25.6. The molecule has 0 aliphatic rings. The van der Waals surface area contributed by atoms with Crippen LogP contribution in [0.3, 0.4) is 0 Å². The average molecular weight is 591 g/mol. The first-order valence-electron chi connectivity index (χ1n) is 16.2. The van der Waals surface area contributed by atoms with Crippen LogP contribution in [0.2, 0.25) is 0 Å². The summed E-state index contributed by atoms with van der Waals surface area (Å²) < 4.78 is 15.8. The summed E-state index contributed by atoms with van der Waals surface area (Å²) in [6.45, 7) is 4.91. The number of carbonyl (C=O) groups excluding carboxylic acids is 2. The number of phenolic OH excluding ortho intramolecular Hbond substituents is 1. The first-order valence-corrected chi connectivity index (χ1v) is 16.2. The van der Waals surface area contributed by atoms with Crippen molar-refractivity contribution in [3.8, 4) is 5.75 Å². The molecule has 0 aromatic heterocycles. The largest absolute Gasteiger partial charge is 0.508 e. The highest BCUT2D eigenvalue weighted by atomic mass is 16.5. The van der Waals surface area contributed by atoms with Crippen molar-refractivity contribution in [2.45, 2.75) is 109 Å². The molecule has 0 bridgehead atoms. The number of benzene rings is 1. The lowest BCUT2D eigenvalue weighted by atomic mass is 10.0. The van der Waals surface area contributed by atoms with E-state index in [4.69, 9.17) is 14.2 Å². The van der Waals surface area contributed by atoms with Crippen LogP contribution in [-0.4, -0.2) is 69.7 Å². The van der Waals surface area contributed by atoms with Crippen molar-refractivity contribution in [1.82, 2.24) is 10.6 Å². The molecule has 42 heavy (non-hydrogen) atoms. The van der Waals surface area contributed by atoms with E-state index >= 15 is 0 Å². The first kappa shape index (κ1) is 37.6. The van der Waals surface area contributed by atoms with Gasteiger partial charge in [0.25, 0.3) is 0 Å². The Bertz CT molecular complexity index is 815. The Morgan fingerprint density at radius 3 is 2.00 bits per heavy atom. The van der Waals surface area contributed by atoms with Crippen molar-refractivity contribution in [2.75, 3.05) is 46.7 Å². The van der Waals surface area contributed by atoms with Crippen LogP contribution >= 0.6 is 0 Å². The molecule has 8 nitrogen and oxygen atoms in total. The molecular weight excluding hydrogens is 532 g/mol. The fourth-order valence-corrected chi connectivity index (χ4v) is 4.53. The van der Waals surface area contributed by atoms with Crippen molar-refractivity contribution < 1.29 is 28.9 Å². The number of aromatic hydroxyl groups is 1. The van der Waals surface area contributed by atoms with E-state index in [1.165, 1.54) is 64.2 Å². The van der Waals surface area contributed by atoms with Gasteiger partial charge in [-0.15, -0.1) is 0 Å². The third-order valence-corrected chi connectivity index (χ3v) is 7.04. The Morgan fingerprint density at radius 1 is 0.786 bits per heavy atom. The number of hydrogen-bond acceptors (Lipinski definition) is 6. The molecule has 1 atom stereocenters. The van der Waals surface area contributed by atoms with E-state index in [9.17, 15) is 14.7 Å².